The summed E-state index contributed by atoms with van der Waals surface area (Å²) in [5, 5.41) is 9.76. The first-order valence-electron chi connectivity index (χ1n) is 6.01. The molecule has 17 heavy (non-hydrogen) atoms. The van der Waals surface area contributed by atoms with Gasteiger partial charge in [-0.15, -0.1) is 0 Å². The van der Waals surface area contributed by atoms with Crippen molar-refractivity contribution < 1.29 is 14.6 Å². The summed E-state index contributed by atoms with van der Waals surface area (Å²) in [6.45, 7) is 8.46. The molecule has 0 aromatic heterocycles. The molecule has 98 valence electrons. The number of aliphatic hydroxyl groups excluding tert-OH is 1. The van der Waals surface area contributed by atoms with Crippen molar-refractivity contribution in [2.75, 3.05) is 6.61 Å². The van der Waals surface area contributed by atoms with Crippen LogP contribution in [-0.2, 0) is 9.53 Å². The van der Waals surface area contributed by atoms with Gasteiger partial charge in [0.15, 0.2) is 0 Å². The van der Waals surface area contributed by atoms with Crippen LogP contribution >= 0.6 is 0 Å². The second kappa shape index (κ2) is 5.98. The maximum atomic E-state index is 12.1. The monoisotopic (exact) mass is 307 g/mol. The van der Waals surface area contributed by atoms with Crippen LogP contribution in [0.4, 0.5) is 0 Å². The summed E-state index contributed by atoms with van der Waals surface area (Å²) >= 11 is 2.78. The van der Waals surface area contributed by atoms with Crippen molar-refractivity contribution >= 4 is 26.2 Å². The average molecular weight is 306 g/mol. The number of rotatable bonds is 4. The van der Waals surface area contributed by atoms with E-state index in [0.29, 0.717) is 17.3 Å². The fourth-order valence-electron chi connectivity index (χ4n) is 1.73. The molecule has 0 spiro atoms. The Morgan fingerprint density at radius 3 is 2.59 bits per heavy atom. The summed E-state index contributed by atoms with van der Waals surface area (Å²) in [6, 6.07) is 0.0677. The summed E-state index contributed by atoms with van der Waals surface area (Å²) in [5.41, 5.74) is 0. The molecule has 0 aromatic rings. The van der Waals surface area contributed by atoms with Gasteiger partial charge in [-0.3, -0.25) is 0 Å². The van der Waals surface area contributed by atoms with Gasteiger partial charge in [-0.2, -0.15) is 0 Å². The van der Waals surface area contributed by atoms with Gasteiger partial charge in [0, 0.05) is 0 Å². The van der Waals surface area contributed by atoms with Crippen molar-refractivity contribution in [1.29, 1.82) is 0 Å². The molecule has 1 rings (SSSR count). The van der Waals surface area contributed by atoms with Crippen LogP contribution in [-0.4, -0.2) is 55.0 Å². The zero-order valence-corrected chi connectivity index (χ0v) is 12.6. The minimum atomic E-state index is -0.594. The Balaban J connectivity index is 2.69. The molecule has 5 heteroatoms. The zero-order valence-electron chi connectivity index (χ0n) is 10.8. The van der Waals surface area contributed by atoms with Gasteiger partial charge in [-0.1, -0.05) is 0 Å². The molecule has 1 fully saturated rings. The van der Waals surface area contributed by atoms with Crippen molar-refractivity contribution in [3.05, 3.63) is 0 Å². The van der Waals surface area contributed by atoms with E-state index in [1.54, 1.807) is 4.90 Å². The van der Waals surface area contributed by atoms with E-state index >= 15 is 0 Å². The standard InChI is InChI=1S/C12H21NO3Se/c1-7(2)9-6-16-12(17)13(9)11(15)5-10(14)8(3)4/h7-10,14H,5-6H2,1-4H3/t9-,10-/m1/s1. The third kappa shape index (κ3) is 3.54. The first-order chi connectivity index (χ1) is 7.84. The number of nitrogens with zero attached hydrogens (tertiary/aromatic N) is 1. The van der Waals surface area contributed by atoms with Crippen LogP contribution in [0.15, 0.2) is 0 Å². The molecule has 0 aromatic carbocycles. The molecule has 1 N–H and O–H groups in total. The predicted octanol–water partition coefficient (Wildman–Crippen LogP) is 0.533. The van der Waals surface area contributed by atoms with Crippen LogP contribution in [0.1, 0.15) is 34.1 Å². The van der Waals surface area contributed by atoms with E-state index in [-0.39, 0.29) is 24.3 Å². The Morgan fingerprint density at radius 2 is 2.12 bits per heavy atom. The van der Waals surface area contributed by atoms with E-state index < -0.39 is 6.10 Å². The number of hydrogen-bond donors (Lipinski definition) is 1. The van der Waals surface area contributed by atoms with Crippen LogP contribution < -0.4 is 0 Å². The van der Waals surface area contributed by atoms with Crippen LogP contribution in [0.3, 0.4) is 0 Å². The van der Waals surface area contributed by atoms with E-state index in [1.165, 1.54) is 0 Å². The molecule has 0 aliphatic carbocycles. The fraction of sp³-hybridized carbons (Fsp3) is 0.833. The molecule has 1 saturated heterocycles. The van der Waals surface area contributed by atoms with E-state index in [1.807, 2.05) is 13.8 Å². The van der Waals surface area contributed by atoms with E-state index in [0.717, 1.165) is 0 Å². The third-order valence-corrected chi connectivity index (χ3v) is 3.76. The molecule has 1 aliphatic heterocycles. The van der Waals surface area contributed by atoms with Gasteiger partial charge in [0.05, 0.1) is 0 Å². The minimum absolute atomic E-state index is 0.0677. The fourth-order valence-corrected chi connectivity index (χ4v) is 2.37. The summed E-state index contributed by atoms with van der Waals surface area (Å²) in [4.78, 5) is 13.8. The third-order valence-electron chi connectivity index (χ3n) is 3.10. The maximum absolute atomic E-state index is 12.1. The Hall–Kier alpha value is -0.381. The first-order valence-corrected chi connectivity index (χ1v) is 6.87. The Morgan fingerprint density at radius 1 is 1.53 bits per heavy atom. The normalized spacial score (nSPS) is 22.2. The molecule has 0 radical (unpaired) electrons. The van der Waals surface area contributed by atoms with Gasteiger partial charge in [-0.05, 0) is 0 Å². The van der Waals surface area contributed by atoms with Crippen molar-refractivity contribution in [1.82, 2.24) is 4.90 Å². The molecule has 2 atom stereocenters. The van der Waals surface area contributed by atoms with Crippen molar-refractivity contribution in [2.24, 2.45) is 11.8 Å². The quantitative estimate of drug-likeness (QED) is 0.771. The number of aliphatic hydroxyl groups is 1. The van der Waals surface area contributed by atoms with Crippen molar-refractivity contribution in [2.45, 2.75) is 46.3 Å². The number of ether oxygens (including phenoxy) is 1. The topological polar surface area (TPSA) is 49.8 Å². The Labute approximate surface area is 111 Å². The van der Waals surface area contributed by atoms with Gasteiger partial charge >= 0.3 is 110 Å². The zero-order chi connectivity index (χ0) is 13.2. The molecule has 0 saturated carbocycles. The summed E-state index contributed by atoms with van der Waals surface area (Å²) < 4.78 is 5.92. The van der Waals surface area contributed by atoms with Crippen molar-refractivity contribution in [3.63, 3.8) is 0 Å². The van der Waals surface area contributed by atoms with Crippen LogP contribution in [0.2, 0.25) is 0 Å². The predicted molar refractivity (Wildman–Crippen MR) is 67.6 cm³/mol. The van der Waals surface area contributed by atoms with E-state index in [2.05, 4.69) is 29.4 Å². The molecular formula is C12H21NO3Se. The van der Waals surface area contributed by atoms with Crippen LogP contribution in [0.25, 0.3) is 0 Å². The van der Waals surface area contributed by atoms with Crippen LogP contribution in [0, 0.1) is 11.8 Å². The van der Waals surface area contributed by atoms with Crippen LogP contribution in [0.5, 0.6) is 0 Å². The van der Waals surface area contributed by atoms with Gasteiger partial charge in [0.25, 0.3) is 0 Å². The number of hydrogen-bond acceptors (Lipinski definition) is 3. The van der Waals surface area contributed by atoms with Gasteiger partial charge in [0.2, 0.25) is 0 Å². The molecule has 0 bridgehead atoms. The van der Waals surface area contributed by atoms with Gasteiger partial charge in [0.1, 0.15) is 0 Å². The van der Waals surface area contributed by atoms with Gasteiger partial charge < -0.3 is 0 Å². The number of carbonyl (C=O) groups excluding carboxylic acids is 1. The van der Waals surface area contributed by atoms with E-state index in [9.17, 15) is 9.90 Å². The molecule has 1 aliphatic rings. The molecule has 0 unspecified atom stereocenters. The summed E-state index contributed by atoms with van der Waals surface area (Å²) in [6.07, 6.45) is -0.446. The summed E-state index contributed by atoms with van der Waals surface area (Å²) in [5.74, 6) is 0.349. The molecular weight excluding hydrogens is 285 g/mol. The SMILES string of the molecule is CC(C)[C@H](O)CC(=O)N1C(=[Se])OC[C@@H]1C(C)C. The average Bonchev–Trinajstić information content (AvgIpc) is 2.59. The first kappa shape index (κ1) is 14.7. The second-order valence-electron chi connectivity index (χ2n) is 5.17. The van der Waals surface area contributed by atoms with E-state index in [4.69, 9.17) is 4.74 Å². The van der Waals surface area contributed by atoms with Crippen molar-refractivity contribution in [3.8, 4) is 0 Å². The molecule has 1 heterocycles. The second-order valence-corrected chi connectivity index (χ2v) is 5.90. The summed E-state index contributed by atoms with van der Waals surface area (Å²) in [7, 11) is 0. The van der Waals surface area contributed by atoms with Gasteiger partial charge in [-0.25, -0.2) is 0 Å². The Bertz CT molecular complexity index is 304. The molecule has 1 amide bonds. The molecule has 4 nitrogen and oxygen atoms in total. The number of carbonyl (C=O) groups is 1. The number of amides is 1. The Kier molecular flexibility index (Phi) is 5.17.